The molecule has 0 heterocycles. The summed E-state index contributed by atoms with van der Waals surface area (Å²) in [5.74, 6) is 0.501. The van der Waals surface area contributed by atoms with Gasteiger partial charge >= 0.3 is 0 Å². The summed E-state index contributed by atoms with van der Waals surface area (Å²) in [6.45, 7) is 8.82. The van der Waals surface area contributed by atoms with Crippen molar-refractivity contribution in [1.82, 2.24) is 5.32 Å². The fourth-order valence-electron chi connectivity index (χ4n) is 2.17. The molecule has 122 valence electrons. The van der Waals surface area contributed by atoms with Crippen molar-refractivity contribution in [3.05, 3.63) is 28.2 Å². The first-order valence-corrected chi connectivity index (χ1v) is 8.41. The van der Waals surface area contributed by atoms with Gasteiger partial charge in [0.1, 0.15) is 0 Å². The van der Waals surface area contributed by atoms with E-state index in [9.17, 15) is 9.59 Å². The molecule has 0 saturated heterocycles. The largest absolute Gasteiger partial charge is 0.356 e. The van der Waals surface area contributed by atoms with Crippen LogP contribution in [0.5, 0.6) is 0 Å². The van der Waals surface area contributed by atoms with Crippen LogP contribution in [0.15, 0.2) is 22.7 Å². The minimum atomic E-state index is -0.0552. The highest BCUT2D eigenvalue weighted by Crippen LogP contribution is 2.24. The number of amides is 2. The highest BCUT2D eigenvalue weighted by atomic mass is 79.9. The molecule has 0 radical (unpaired) electrons. The standard InChI is InChI=1S/C17H25BrN2O2/c1-12(2)7-9-19-17(22)8-10-20(14(4)21)16-6-5-15(18)11-13(16)3/h5-6,11-12H,7-10H2,1-4H3,(H,19,22). The summed E-state index contributed by atoms with van der Waals surface area (Å²) in [5.41, 5.74) is 1.86. The first-order chi connectivity index (χ1) is 10.3. The van der Waals surface area contributed by atoms with E-state index in [-0.39, 0.29) is 11.8 Å². The third-order valence-electron chi connectivity index (χ3n) is 3.44. The van der Waals surface area contributed by atoms with Crippen LogP contribution in [0.25, 0.3) is 0 Å². The zero-order chi connectivity index (χ0) is 16.7. The van der Waals surface area contributed by atoms with E-state index < -0.39 is 0 Å². The molecule has 0 saturated carbocycles. The smallest absolute Gasteiger partial charge is 0.223 e. The zero-order valence-electron chi connectivity index (χ0n) is 13.8. The van der Waals surface area contributed by atoms with Crippen molar-refractivity contribution in [1.29, 1.82) is 0 Å². The molecule has 1 aromatic rings. The van der Waals surface area contributed by atoms with Crippen molar-refractivity contribution < 1.29 is 9.59 Å². The molecule has 0 aliphatic rings. The molecule has 0 aliphatic heterocycles. The zero-order valence-corrected chi connectivity index (χ0v) is 15.4. The van der Waals surface area contributed by atoms with Gasteiger partial charge in [-0.3, -0.25) is 9.59 Å². The second-order valence-electron chi connectivity index (χ2n) is 5.88. The Bertz CT molecular complexity index is 529. The third kappa shape index (κ3) is 6.18. The molecule has 4 nitrogen and oxygen atoms in total. The van der Waals surface area contributed by atoms with Gasteiger partial charge in [0.25, 0.3) is 0 Å². The van der Waals surface area contributed by atoms with Gasteiger partial charge in [-0.2, -0.15) is 0 Å². The Hall–Kier alpha value is -1.36. The van der Waals surface area contributed by atoms with Crippen molar-refractivity contribution in [2.75, 3.05) is 18.0 Å². The molecular formula is C17H25BrN2O2. The molecule has 0 aromatic heterocycles. The van der Waals surface area contributed by atoms with Gasteiger partial charge in [-0.25, -0.2) is 0 Å². The van der Waals surface area contributed by atoms with E-state index in [2.05, 4.69) is 35.1 Å². The molecule has 0 spiro atoms. The summed E-state index contributed by atoms with van der Waals surface area (Å²) in [7, 11) is 0. The number of carbonyl (C=O) groups is 2. The minimum absolute atomic E-state index is 0.0123. The van der Waals surface area contributed by atoms with E-state index in [0.29, 0.717) is 25.4 Å². The van der Waals surface area contributed by atoms with E-state index in [1.165, 1.54) is 6.92 Å². The van der Waals surface area contributed by atoms with Crippen LogP contribution in [-0.2, 0) is 9.59 Å². The molecule has 5 heteroatoms. The number of aryl methyl sites for hydroxylation is 1. The normalized spacial score (nSPS) is 10.6. The number of anilines is 1. The molecule has 22 heavy (non-hydrogen) atoms. The van der Waals surface area contributed by atoms with E-state index in [1.807, 2.05) is 25.1 Å². The lowest BCUT2D eigenvalue weighted by atomic mass is 10.1. The molecule has 1 N–H and O–H groups in total. The Morgan fingerprint density at radius 3 is 2.55 bits per heavy atom. The molecule has 1 rings (SSSR count). The number of nitrogens with zero attached hydrogens (tertiary/aromatic N) is 1. The quantitative estimate of drug-likeness (QED) is 0.798. The highest BCUT2D eigenvalue weighted by Gasteiger charge is 2.15. The number of hydrogen-bond acceptors (Lipinski definition) is 2. The van der Waals surface area contributed by atoms with Gasteiger partial charge in [-0.05, 0) is 43.0 Å². The summed E-state index contributed by atoms with van der Waals surface area (Å²) < 4.78 is 0.976. The Balaban J connectivity index is 2.62. The van der Waals surface area contributed by atoms with Gasteiger partial charge in [-0.1, -0.05) is 29.8 Å². The highest BCUT2D eigenvalue weighted by molar-refractivity contribution is 9.10. The number of rotatable bonds is 7. The molecule has 1 aromatic carbocycles. The molecule has 0 aliphatic carbocycles. The first kappa shape index (κ1) is 18.7. The van der Waals surface area contributed by atoms with Crippen molar-refractivity contribution in [3.63, 3.8) is 0 Å². The Labute approximate surface area is 141 Å². The van der Waals surface area contributed by atoms with Gasteiger partial charge in [0.05, 0.1) is 0 Å². The molecule has 0 atom stereocenters. The summed E-state index contributed by atoms with van der Waals surface area (Å²) in [6, 6.07) is 5.77. The molecule has 0 unspecified atom stereocenters. The Morgan fingerprint density at radius 2 is 2.00 bits per heavy atom. The lowest BCUT2D eigenvalue weighted by Crippen LogP contribution is -2.34. The predicted octanol–water partition coefficient (Wildman–Crippen LogP) is 3.66. The maximum Gasteiger partial charge on any atom is 0.223 e. The Morgan fingerprint density at radius 1 is 1.32 bits per heavy atom. The number of benzene rings is 1. The average molecular weight is 369 g/mol. The second kappa shape index (κ2) is 8.93. The maximum absolute atomic E-state index is 11.9. The molecule has 0 bridgehead atoms. The third-order valence-corrected chi connectivity index (χ3v) is 3.93. The fraction of sp³-hybridized carbons (Fsp3) is 0.529. The van der Waals surface area contributed by atoms with Gasteiger partial charge in [0, 0.05) is 36.6 Å². The molecule has 0 fully saturated rings. The number of hydrogen-bond donors (Lipinski definition) is 1. The van der Waals surface area contributed by atoms with Crippen molar-refractivity contribution in [3.8, 4) is 0 Å². The average Bonchev–Trinajstić information content (AvgIpc) is 2.40. The summed E-state index contributed by atoms with van der Waals surface area (Å²) in [6.07, 6.45) is 1.28. The van der Waals surface area contributed by atoms with Crippen LogP contribution in [0.4, 0.5) is 5.69 Å². The number of halogens is 1. The summed E-state index contributed by atoms with van der Waals surface area (Å²) >= 11 is 3.42. The van der Waals surface area contributed by atoms with Crippen molar-refractivity contribution >= 4 is 33.4 Å². The van der Waals surface area contributed by atoms with E-state index in [0.717, 1.165) is 22.1 Å². The lowest BCUT2D eigenvalue weighted by molar-refractivity contribution is -0.121. The molecular weight excluding hydrogens is 344 g/mol. The van der Waals surface area contributed by atoms with E-state index in [4.69, 9.17) is 0 Å². The van der Waals surface area contributed by atoms with Crippen molar-refractivity contribution in [2.24, 2.45) is 5.92 Å². The fourth-order valence-corrected chi connectivity index (χ4v) is 2.65. The van der Waals surface area contributed by atoms with Crippen LogP contribution in [-0.4, -0.2) is 24.9 Å². The van der Waals surface area contributed by atoms with Crippen LogP contribution in [0.3, 0.4) is 0 Å². The monoisotopic (exact) mass is 368 g/mol. The Kier molecular flexibility index (Phi) is 7.59. The van der Waals surface area contributed by atoms with Crippen LogP contribution < -0.4 is 10.2 Å². The van der Waals surface area contributed by atoms with Gasteiger partial charge < -0.3 is 10.2 Å². The van der Waals surface area contributed by atoms with Crippen LogP contribution >= 0.6 is 15.9 Å². The lowest BCUT2D eigenvalue weighted by Gasteiger charge is -2.23. The van der Waals surface area contributed by atoms with Crippen LogP contribution in [0.2, 0.25) is 0 Å². The van der Waals surface area contributed by atoms with Crippen molar-refractivity contribution in [2.45, 2.75) is 40.5 Å². The van der Waals surface area contributed by atoms with Gasteiger partial charge in [-0.15, -0.1) is 0 Å². The van der Waals surface area contributed by atoms with Crippen LogP contribution in [0.1, 0.15) is 39.2 Å². The first-order valence-electron chi connectivity index (χ1n) is 7.62. The van der Waals surface area contributed by atoms with Crippen LogP contribution in [0, 0.1) is 12.8 Å². The van der Waals surface area contributed by atoms with E-state index in [1.54, 1.807) is 4.90 Å². The SMILES string of the molecule is CC(=O)N(CCC(=O)NCCC(C)C)c1ccc(Br)cc1C. The van der Waals surface area contributed by atoms with E-state index >= 15 is 0 Å². The summed E-state index contributed by atoms with van der Waals surface area (Å²) in [5, 5.41) is 2.90. The second-order valence-corrected chi connectivity index (χ2v) is 6.80. The molecule has 2 amide bonds. The number of carbonyl (C=O) groups excluding carboxylic acids is 2. The number of nitrogens with one attached hydrogen (secondary N) is 1. The maximum atomic E-state index is 11.9. The minimum Gasteiger partial charge on any atom is -0.356 e. The topological polar surface area (TPSA) is 49.4 Å². The predicted molar refractivity (Wildman–Crippen MR) is 94.0 cm³/mol. The summed E-state index contributed by atoms with van der Waals surface area (Å²) in [4.78, 5) is 25.4. The van der Waals surface area contributed by atoms with Gasteiger partial charge in [0.2, 0.25) is 11.8 Å². The van der Waals surface area contributed by atoms with Gasteiger partial charge in [0.15, 0.2) is 0 Å².